The predicted octanol–water partition coefficient (Wildman–Crippen LogP) is 3.36. The predicted molar refractivity (Wildman–Crippen MR) is 87.1 cm³/mol. The minimum Gasteiger partial charge on any atom is -0.497 e. The molecule has 2 N–H and O–H groups in total. The summed E-state index contributed by atoms with van der Waals surface area (Å²) in [5, 5.41) is 0.932. The van der Waals surface area contributed by atoms with Gasteiger partial charge in [-0.2, -0.15) is 0 Å². The van der Waals surface area contributed by atoms with Crippen molar-refractivity contribution in [2.45, 2.75) is 19.3 Å². The van der Waals surface area contributed by atoms with Gasteiger partial charge in [0.15, 0.2) is 0 Å². The van der Waals surface area contributed by atoms with Crippen LogP contribution in [0.15, 0.2) is 18.2 Å². The van der Waals surface area contributed by atoms with Crippen molar-refractivity contribution in [3.63, 3.8) is 0 Å². The minimum absolute atomic E-state index is 0.0274. The Labute approximate surface area is 128 Å². The zero-order valence-corrected chi connectivity index (χ0v) is 13.2. The van der Waals surface area contributed by atoms with Gasteiger partial charge in [0, 0.05) is 23.7 Å². The highest BCUT2D eigenvalue weighted by Crippen LogP contribution is 2.36. The Morgan fingerprint density at radius 2 is 2.24 bits per heavy atom. The summed E-state index contributed by atoms with van der Waals surface area (Å²) in [7, 11) is 3.50. The number of nitrogens with two attached hydrogens (primary N) is 1. The van der Waals surface area contributed by atoms with E-state index in [4.69, 9.17) is 10.5 Å². The first-order chi connectivity index (χ1) is 10.1. The van der Waals surface area contributed by atoms with Crippen LogP contribution in [-0.4, -0.2) is 31.5 Å². The molecule has 1 amide bonds. The highest BCUT2D eigenvalue weighted by Gasteiger charge is 2.24. The molecule has 1 aromatic heterocycles. The maximum atomic E-state index is 12.6. The fourth-order valence-corrected chi connectivity index (χ4v) is 3.85. The first-order valence-corrected chi connectivity index (χ1v) is 8.03. The zero-order chi connectivity index (χ0) is 15.0. The number of nitrogen functional groups attached to an aromatic ring is 1. The lowest BCUT2D eigenvalue weighted by Crippen LogP contribution is -2.34. The Balaban J connectivity index is 1.88. The lowest BCUT2D eigenvalue weighted by atomic mass is 9.85. The van der Waals surface area contributed by atoms with E-state index in [1.54, 1.807) is 7.11 Å². The van der Waals surface area contributed by atoms with Crippen molar-refractivity contribution in [3.8, 4) is 5.75 Å². The summed E-state index contributed by atoms with van der Waals surface area (Å²) < 4.78 is 6.22. The SMILES string of the molecule is COc1ccc2c(N)c(C(=O)N(C)CC3CCC3)sc2c1. The second-order valence-electron chi connectivity index (χ2n) is 5.69. The average Bonchev–Trinajstić information content (AvgIpc) is 2.78. The van der Waals surface area contributed by atoms with Crippen LogP contribution in [0.1, 0.15) is 28.9 Å². The van der Waals surface area contributed by atoms with Crippen LogP contribution in [0.25, 0.3) is 10.1 Å². The van der Waals surface area contributed by atoms with Crippen LogP contribution < -0.4 is 10.5 Å². The number of hydrogen-bond donors (Lipinski definition) is 1. The summed E-state index contributed by atoms with van der Waals surface area (Å²) >= 11 is 1.45. The minimum atomic E-state index is 0.0274. The fraction of sp³-hybridized carbons (Fsp3) is 0.438. The molecule has 1 saturated carbocycles. The third kappa shape index (κ3) is 2.58. The second kappa shape index (κ2) is 5.56. The maximum absolute atomic E-state index is 12.6. The van der Waals surface area contributed by atoms with Crippen LogP contribution in [0, 0.1) is 5.92 Å². The number of methoxy groups -OCH3 is 1. The van der Waals surface area contributed by atoms with Gasteiger partial charge in [-0.25, -0.2) is 0 Å². The van der Waals surface area contributed by atoms with Gasteiger partial charge in [0.2, 0.25) is 0 Å². The van der Waals surface area contributed by atoms with E-state index in [1.165, 1.54) is 30.6 Å². The molecule has 1 aromatic carbocycles. The Kier molecular flexibility index (Phi) is 3.76. The van der Waals surface area contributed by atoms with E-state index in [9.17, 15) is 4.79 Å². The van der Waals surface area contributed by atoms with Gasteiger partial charge in [-0.1, -0.05) is 6.42 Å². The number of benzene rings is 1. The number of anilines is 1. The number of hydrogen-bond acceptors (Lipinski definition) is 4. The van der Waals surface area contributed by atoms with Crippen molar-refractivity contribution >= 4 is 33.0 Å². The van der Waals surface area contributed by atoms with Gasteiger partial charge in [0.25, 0.3) is 5.91 Å². The van der Waals surface area contributed by atoms with Gasteiger partial charge in [0.1, 0.15) is 10.6 Å². The van der Waals surface area contributed by atoms with Gasteiger partial charge in [-0.15, -0.1) is 11.3 Å². The molecule has 0 spiro atoms. The maximum Gasteiger partial charge on any atom is 0.265 e. The number of nitrogens with zero attached hydrogens (tertiary/aromatic N) is 1. The van der Waals surface area contributed by atoms with Crippen molar-refractivity contribution in [1.82, 2.24) is 4.90 Å². The van der Waals surface area contributed by atoms with E-state index in [1.807, 2.05) is 30.1 Å². The summed E-state index contributed by atoms with van der Waals surface area (Å²) in [4.78, 5) is 15.0. The van der Waals surface area contributed by atoms with Gasteiger partial charge >= 0.3 is 0 Å². The highest BCUT2D eigenvalue weighted by molar-refractivity contribution is 7.21. The molecule has 1 aliphatic carbocycles. The number of amides is 1. The van der Waals surface area contributed by atoms with E-state index < -0.39 is 0 Å². The van der Waals surface area contributed by atoms with Gasteiger partial charge in [-0.05, 0) is 37.0 Å². The zero-order valence-electron chi connectivity index (χ0n) is 12.4. The Morgan fingerprint density at radius 1 is 1.48 bits per heavy atom. The number of fused-ring (bicyclic) bond motifs is 1. The van der Waals surface area contributed by atoms with Crippen molar-refractivity contribution in [1.29, 1.82) is 0 Å². The fourth-order valence-electron chi connectivity index (χ4n) is 2.70. The number of thiophene rings is 1. The lowest BCUT2D eigenvalue weighted by Gasteiger charge is -2.30. The summed E-state index contributed by atoms with van der Waals surface area (Å²) in [6, 6.07) is 5.72. The number of carbonyl (C=O) groups excluding carboxylic acids is 1. The molecular formula is C16H20N2O2S. The van der Waals surface area contributed by atoms with Crippen molar-refractivity contribution in [2.24, 2.45) is 5.92 Å². The molecule has 0 bridgehead atoms. The van der Waals surface area contributed by atoms with Crippen molar-refractivity contribution < 1.29 is 9.53 Å². The third-order valence-electron chi connectivity index (χ3n) is 4.23. The number of carbonyl (C=O) groups is 1. The second-order valence-corrected chi connectivity index (χ2v) is 6.74. The van der Waals surface area contributed by atoms with Crippen LogP contribution in [0.4, 0.5) is 5.69 Å². The Morgan fingerprint density at radius 3 is 2.86 bits per heavy atom. The van der Waals surface area contributed by atoms with E-state index in [2.05, 4.69) is 0 Å². The molecule has 5 heteroatoms. The van der Waals surface area contributed by atoms with Gasteiger partial charge in [0.05, 0.1) is 12.8 Å². The monoisotopic (exact) mass is 304 g/mol. The molecule has 1 heterocycles. The molecule has 3 rings (SSSR count). The topological polar surface area (TPSA) is 55.6 Å². The molecule has 0 radical (unpaired) electrons. The summed E-state index contributed by atoms with van der Waals surface area (Å²) in [5.41, 5.74) is 6.75. The first kappa shape index (κ1) is 14.2. The molecule has 0 aliphatic heterocycles. The Hall–Kier alpha value is -1.75. The Bertz CT molecular complexity index is 676. The smallest absolute Gasteiger partial charge is 0.265 e. The summed E-state index contributed by atoms with van der Waals surface area (Å²) in [5.74, 6) is 1.47. The van der Waals surface area contributed by atoms with Crippen LogP contribution in [-0.2, 0) is 0 Å². The van der Waals surface area contributed by atoms with Gasteiger partial charge in [-0.3, -0.25) is 4.79 Å². The molecule has 112 valence electrons. The molecule has 0 unspecified atom stereocenters. The molecule has 0 saturated heterocycles. The van der Waals surface area contributed by atoms with Crippen LogP contribution >= 0.6 is 11.3 Å². The molecule has 1 fully saturated rings. The van der Waals surface area contributed by atoms with Crippen molar-refractivity contribution in [3.05, 3.63) is 23.1 Å². The summed E-state index contributed by atoms with van der Waals surface area (Å²) in [6.45, 7) is 0.829. The standard InChI is InChI=1S/C16H20N2O2S/c1-18(9-10-4-3-5-10)16(19)15-14(17)12-7-6-11(20-2)8-13(12)21-15/h6-8,10H,3-5,9,17H2,1-2H3. The van der Waals surface area contributed by atoms with E-state index in [0.29, 0.717) is 16.5 Å². The highest BCUT2D eigenvalue weighted by atomic mass is 32.1. The normalized spacial score (nSPS) is 15.0. The number of rotatable bonds is 4. The molecular weight excluding hydrogens is 284 g/mol. The largest absolute Gasteiger partial charge is 0.497 e. The third-order valence-corrected chi connectivity index (χ3v) is 5.39. The van der Waals surface area contributed by atoms with Crippen LogP contribution in [0.3, 0.4) is 0 Å². The summed E-state index contributed by atoms with van der Waals surface area (Å²) in [6.07, 6.45) is 3.75. The molecule has 4 nitrogen and oxygen atoms in total. The number of ether oxygens (including phenoxy) is 1. The van der Waals surface area contributed by atoms with E-state index >= 15 is 0 Å². The van der Waals surface area contributed by atoms with Crippen LogP contribution in [0.2, 0.25) is 0 Å². The molecule has 21 heavy (non-hydrogen) atoms. The average molecular weight is 304 g/mol. The van der Waals surface area contributed by atoms with Crippen molar-refractivity contribution in [2.75, 3.05) is 26.4 Å². The van der Waals surface area contributed by atoms with Crippen LogP contribution in [0.5, 0.6) is 5.75 Å². The first-order valence-electron chi connectivity index (χ1n) is 7.21. The molecule has 2 aromatic rings. The lowest BCUT2D eigenvalue weighted by molar-refractivity contribution is 0.0751. The van der Waals surface area contributed by atoms with E-state index in [0.717, 1.165) is 22.4 Å². The molecule has 1 aliphatic rings. The molecule has 0 atom stereocenters. The van der Waals surface area contributed by atoms with E-state index in [-0.39, 0.29) is 5.91 Å². The quantitative estimate of drug-likeness (QED) is 0.942. The van der Waals surface area contributed by atoms with Gasteiger partial charge < -0.3 is 15.4 Å².